The van der Waals surface area contributed by atoms with Gasteiger partial charge in [-0.3, -0.25) is 14.4 Å². The first kappa shape index (κ1) is 32.8. The van der Waals surface area contributed by atoms with Crippen LogP contribution in [0.5, 0.6) is 5.75 Å². The molecule has 0 saturated carbocycles. The van der Waals surface area contributed by atoms with Crippen LogP contribution >= 0.6 is 11.8 Å². The maximum atomic E-state index is 13.7. The number of hydrogen-bond acceptors (Lipinski definition) is 5. The molecule has 5 aromatic carbocycles. The summed E-state index contributed by atoms with van der Waals surface area (Å²) in [4.78, 5) is 41.2. The van der Waals surface area contributed by atoms with Crippen molar-refractivity contribution in [3.05, 3.63) is 161 Å². The summed E-state index contributed by atoms with van der Waals surface area (Å²) in [6, 6.07) is 38.6. The number of anilines is 2. The third-order valence-corrected chi connectivity index (χ3v) is 8.53. The molecule has 0 aliphatic carbocycles. The molecule has 1 atom stereocenters. The summed E-state index contributed by atoms with van der Waals surface area (Å²) in [5.74, 6) is -0.395. The van der Waals surface area contributed by atoms with Crippen LogP contribution in [0.1, 0.15) is 37.9 Å². The molecule has 0 spiro atoms. The van der Waals surface area contributed by atoms with E-state index in [9.17, 15) is 14.4 Å². The first-order valence-corrected chi connectivity index (χ1v) is 15.9. The zero-order valence-electron chi connectivity index (χ0n) is 26.3. The highest BCUT2D eigenvalue weighted by molar-refractivity contribution is 8.00. The number of rotatable bonds is 11. The Morgan fingerprint density at radius 2 is 1.45 bits per heavy atom. The van der Waals surface area contributed by atoms with E-state index >= 15 is 0 Å². The monoisotopic (exact) mass is 641 g/mol. The lowest BCUT2D eigenvalue weighted by atomic mass is 10.1. The van der Waals surface area contributed by atoms with Gasteiger partial charge in [-0.25, -0.2) is 0 Å². The largest absolute Gasteiger partial charge is 0.497 e. The van der Waals surface area contributed by atoms with E-state index in [1.54, 1.807) is 67.8 Å². The van der Waals surface area contributed by atoms with Gasteiger partial charge in [-0.1, -0.05) is 84.4 Å². The van der Waals surface area contributed by atoms with Gasteiger partial charge in [0.2, 0.25) is 5.91 Å². The number of amides is 3. The number of ether oxygens (including phenoxy) is 1. The van der Waals surface area contributed by atoms with Gasteiger partial charge in [0.1, 0.15) is 16.7 Å². The van der Waals surface area contributed by atoms with Gasteiger partial charge in [0, 0.05) is 21.8 Å². The normalized spacial score (nSPS) is 11.7. The Morgan fingerprint density at radius 1 is 0.745 bits per heavy atom. The predicted octanol–water partition coefficient (Wildman–Crippen LogP) is 8.19. The minimum Gasteiger partial charge on any atom is -0.497 e. The maximum absolute atomic E-state index is 13.7. The Labute approximate surface area is 279 Å². The molecule has 3 amide bonds. The number of nitrogens with one attached hydrogen (secondary N) is 3. The fraction of sp³-hybridized carbons (Fsp3) is 0.103. The third-order valence-electron chi connectivity index (χ3n) is 7.28. The standard InChI is InChI=1S/C39H35N3O4S/c1-26-17-22-34(27(2)23-26)41-39(45)36(29-11-6-4-7-12-29)47-33-16-10-15-31(25-33)40-38(44)35(24-28-18-20-32(46-3)21-19-28)42-37(43)30-13-8-5-9-14-30/h4-25,36H,1-3H3,(H,40,44)(H,41,45)(H,42,43)/b35-24+. The molecule has 0 fully saturated rings. The second-order valence-corrected chi connectivity index (χ2v) is 12.0. The van der Waals surface area contributed by atoms with Crippen LogP contribution in [0.2, 0.25) is 0 Å². The summed E-state index contributed by atoms with van der Waals surface area (Å²) in [5.41, 5.74) is 5.42. The van der Waals surface area contributed by atoms with Crippen LogP contribution < -0.4 is 20.7 Å². The fourth-order valence-corrected chi connectivity index (χ4v) is 5.93. The van der Waals surface area contributed by atoms with Crippen molar-refractivity contribution in [2.75, 3.05) is 17.7 Å². The Morgan fingerprint density at radius 3 is 2.13 bits per heavy atom. The second-order valence-electron chi connectivity index (χ2n) is 10.8. The van der Waals surface area contributed by atoms with Crippen LogP contribution in [0.15, 0.2) is 138 Å². The predicted molar refractivity (Wildman–Crippen MR) is 190 cm³/mol. The van der Waals surface area contributed by atoms with Crippen LogP contribution in [0.3, 0.4) is 0 Å². The molecule has 0 heterocycles. The molecule has 0 bridgehead atoms. The minimum atomic E-state index is -0.557. The molecule has 5 rings (SSSR count). The molecule has 47 heavy (non-hydrogen) atoms. The smallest absolute Gasteiger partial charge is 0.272 e. The van der Waals surface area contributed by atoms with Crippen molar-refractivity contribution in [3.63, 3.8) is 0 Å². The number of methoxy groups -OCH3 is 1. The van der Waals surface area contributed by atoms with Gasteiger partial charge in [-0.05, 0) is 85.1 Å². The van der Waals surface area contributed by atoms with Gasteiger partial charge in [0.15, 0.2) is 0 Å². The molecule has 0 radical (unpaired) electrons. The highest BCUT2D eigenvalue weighted by Gasteiger charge is 2.23. The van der Waals surface area contributed by atoms with E-state index in [0.717, 1.165) is 27.3 Å². The number of aryl methyl sites for hydroxylation is 2. The van der Waals surface area contributed by atoms with Crippen LogP contribution in [0.4, 0.5) is 11.4 Å². The summed E-state index contributed by atoms with van der Waals surface area (Å²) < 4.78 is 5.25. The zero-order chi connectivity index (χ0) is 33.2. The molecule has 0 saturated heterocycles. The molecular weight excluding hydrogens is 607 g/mol. The van der Waals surface area contributed by atoms with Crippen molar-refractivity contribution in [2.24, 2.45) is 0 Å². The summed E-state index contributed by atoms with van der Waals surface area (Å²) in [7, 11) is 1.58. The molecule has 0 aromatic heterocycles. The summed E-state index contributed by atoms with van der Waals surface area (Å²) in [6.45, 7) is 3.99. The molecule has 0 aliphatic rings. The summed E-state index contributed by atoms with van der Waals surface area (Å²) >= 11 is 1.38. The first-order chi connectivity index (χ1) is 22.8. The van der Waals surface area contributed by atoms with E-state index in [2.05, 4.69) is 16.0 Å². The van der Waals surface area contributed by atoms with Crippen molar-refractivity contribution >= 4 is 46.9 Å². The summed E-state index contributed by atoms with van der Waals surface area (Å²) in [5, 5.41) is 8.22. The van der Waals surface area contributed by atoms with Crippen LogP contribution in [0, 0.1) is 13.8 Å². The SMILES string of the molecule is COc1ccc(/C=C(/NC(=O)c2ccccc2)C(=O)Nc2cccc(SC(C(=O)Nc3ccc(C)cc3C)c3ccccc3)c2)cc1. The fourth-order valence-electron chi connectivity index (χ4n) is 4.84. The maximum Gasteiger partial charge on any atom is 0.272 e. The topological polar surface area (TPSA) is 96.5 Å². The quantitative estimate of drug-likeness (QED) is 0.0998. The Kier molecular flexibility index (Phi) is 10.9. The van der Waals surface area contributed by atoms with Crippen molar-refractivity contribution in [1.29, 1.82) is 0 Å². The lowest BCUT2D eigenvalue weighted by molar-refractivity contribution is -0.116. The van der Waals surface area contributed by atoms with Gasteiger partial charge in [0.25, 0.3) is 11.8 Å². The third kappa shape index (κ3) is 8.99. The molecule has 236 valence electrons. The van der Waals surface area contributed by atoms with Gasteiger partial charge in [-0.15, -0.1) is 11.8 Å². The number of thioether (sulfide) groups is 1. The first-order valence-electron chi connectivity index (χ1n) is 15.0. The molecule has 0 aliphatic heterocycles. The Bertz CT molecular complexity index is 1890. The van der Waals surface area contributed by atoms with Gasteiger partial charge < -0.3 is 20.7 Å². The zero-order valence-corrected chi connectivity index (χ0v) is 27.1. The second kappa shape index (κ2) is 15.6. The average molecular weight is 642 g/mol. The van der Waals surface area contributed by atoms with Crippen molar-refractivity contribution < 1.29 is 19.1 Å². The Hall–Kier alpha value is -5.60. The van der Waals surface area contributed by atoms with Crippen molar-refractivity contribution in [2.45, 2.75) is 24.0 Å². The average Bonchev–Trinajstić information content (AvgIpc) is 3.09. The van der Waals surface area contributed by atoms with E-state index in [1.165, 1.54) is 11.8 Å². The van der Waals surface area contributed by atoms with E-state index < -0.39 is 17.1 Å². The molecule has 7 nitrogen and oxygen atoms in total. The highest BCUT2D eigenvalue weighted by atomic mass is 32.2. The molecule has 5 aromatic rings. The Balaban J connectivity index is 1.38. The van der Waals surface area contributed by atoms with Gasteiger partial charge in [0.05, 0.1) is 7.11 Å². The lowest BCUT2D eigenvalue weighted by Crippen LogP contribution is -2.30. The minimum absolute atomic E-state index is 0.0667. The van der Waals surface area contributed by atoms with E-state index in [4.69, 9.17) is 4.74 Å². The van der Waals surface area contributed by atoms with E-state index in [1.807, 2.05) is 86.6 Å². The van der Waals surface area contributed by atoms with Crippen LogP contribution in [-0.2, 0) is 9.59 Å². The lowest BCUT2D eigenvalue weighted by Gasteiger charge is -2.19. The molecule has 3 N–H and O–H groups in total. The number of benzene rings is 5. The highest BCUT2D eigenvalue weighted by Crippen LogP contribution is 2.37. The number of carbonyl (C=O) groups excluding carboxylic acids is 3. The summed E-state index contributed by atoms with van der Waals surface area (Å²) in [6.07, 6.45) is 1.61. The van der Waals surface area contributed by atoms with Crippen LogP contribution in [0.25, 0.3) is 6.08 Å². The molecular formula is C39H35N3O4S. The molecule has 8 heteroatoms. The molecule has 1 unspecified atom stereocenters. The van der Waals surface area contributed by atoms with Gasteiger partial charge in [-0.2, -0.15) is 0 Å². The van der Waals surface area contributed by atoms with Crippen molar-refractivity contribution in [3.8, 4) is 5.75 Å². The van der Waals surface area contributed by atoms with Crippen LogP contribution in [-0.4, -0.2) is 24.8 Å². The van der Waals surface area contributed by atoms with Crippen molar-refractivity contribution in [1.82, 2.24) is 5.32 Å². The van der Waals surface area contributed by atoms with E-state index in [0.29, 0.717) is 22.6 Å². The van der Waals surface area contributed by atoms with Gasteiger partial charge >= 0.3 is 0 Å². The number of hydrogen-bond donors (Lipinski definition) is 3. The number of carbonyl (C=O) groups is 3. The van der Waals surface area contributed by atoms with E-state index in [-0.39, 0.29) is 11.6 Å².